The molecule has 0 radical (unpaired) electrons. The molecule has 0 atom stereocenters. The maximum Gasteiger partial charge on any atom is 0.341 e. The van der Waals surface area contributed by atoms with Crippen LogP contribution in [0.3, 0.4) is 0 Å². The number of hydrogen-bond donors (Lipinski definition) is 0. The summed E-state index contributed by atoms with van der Waals surface area (Å²) in [5.41, 5.74) is 1.01. The van der Waals surface area contributed by atoms with Crippen LogP contribution in [0.4, 0.5) is 3.89 Å². The number of halogens is 1. The lowest BCUT2D eigenvalue weighted by Gasteiger charge is -1.86. The van der Waals surface area contributed by atoms with Crippen molar-refractivity contribution in [2.45, 2.75) is 23.5 Å². The SMILES string of the molecule is O=S(=O)(F)c1cc2c(s1)CCC2. The minimum absolute atomic E-state index is 0.132. The molecule has 0 spiro atoms. The Hall–Kier alpha value is -0.420. The molecule has 1 aromatic heterocycles. The number of rotatable bonds is 1. The molecule has 0 aliphatic heterocycles. The van der Waals surface area contributed by atoms with Crippen LogP contribution in [0.1, 0.15) is 16.9 Å². The van der Waals surface area contributed by atoms with Crippen LogP contribution in [0, 0.1) is 0 Å². The van der Waals surface area contributed by atoms with Gasteiger partial charge in [-0.3, -0.25) is 0 Å². The molecule has 0 fully saturated rings. The molecule has 2 nitrogen and oxygen atoms in total. The Kier molecular flexibility index (Phi) is 1.73. The van der Waals surface area contributed by atoms with E-state index in [1.807, 2.05) is 0 Å². The lowest BCUT2D eigenvalue weighted by atomic mass is 10.3. The van der Waals surface area contributed by atoms with E-state index < -0.39 is 10.2 Å². The fraction of sp³-hybridized carbons (Fsp3) is 0.429. The minimum Gasteiger partial charge on any atom is -0.188 e. The molecule has 1 aliphatic carbocycles. The number of fused-ring (bicyclic) bond motifs is 1. The fourth-order valence-electron chi connectivity index (χ4n) is 1.42. The minimum atomic E-state index is -4.46. The Morgan fingerprint density at radius 1 is 1.42 bits per heavy atom. The van der Waals surface area contributed by atoms with E-state index in [2.05, 4.69) is 0 Å². The van der Waals surface area contributed by atoms with E-state index in [9.17, 15) is 12.3 Å². The molecule has 0 saturated heterocycles. The van der Waals surface area contributed by atoms with Gasteiger partial charge in [-0.05, 0) is 30.9 Å². The highest BCUT2D eigenvalue weighted by Gasteiger charge is 2.21. The van der Waals surface area contributed by atoms with Gasteiger partial charge in [0.15, 0.2) is 4.21 Å². The highest BCUT2D eigenvalue weighted by Crippen LogP contribution is 2.33. The van der Waals surface area contributed by atoms with Gasteiger partial charge in [-0.15, -0.1) is 11.3 Å². The van der Waals surface area contributed by atoms with Crippen LogP contribution in [0.5, 0.6) is 0 Å². The predicted molar refractivity (Wildman–Crippen MR) is 44.6 cm³/mol. The zero-order valence-electron chi connectivity index (χ0n) is 6.21. The maximum atomic E-state index is 12.5. The summed E-state index contributed by atoms with van der Waals surface area (Å²) in [5, 5.41) is 0. The van der Waals surface area contributed by atoms with E-state index in [0.29, 0.717) is 0 Å². The summed E-state index contributed by atoms with van der Waals surface area (Å²) >= 11 is 1.07. The van der Waals surface area contributed by atoms with Crippen molar-refractivity contribution in [3.63, 3.8) is 0 Å². The number of aryl methyl sites for hydroxylation is 2. The predicted octanol–water partition coefficient (Wildman–Crippen LogP) is 1.90. The van der Waals surface area contributed by atoms with Crippen LogP contribution in [-0.2, 0) is 23.1 Å². The highest BCUT2D eigenvalue weighted by molar-refractivity contribution is 7.88. The Balaban J connectivity index is 2.51. The maximum absolute atomic E-state index is 12.5. The first-order valence-electron chi connectivity index (χ1n) is 3.63. The molecule has 0 aromatic carbocycles. The molecule has 0 amide bonds. The summed E-state index contributed by atoms with van der Waals surface area (Å²) in [6, 6.07) is 1.46. The first-order valence-corrected chi connectivity index (χ1v) is 5.83. The molecular weight excluding hydrogens is 199 g/mol. The van der Waals surface area contributed by atoms with Gasteiger partial charge < -0.3 is 0 Å². The van der Waals surface area contributed by atoms with Gasteiger partial charge in [0.05, 0.1) is 0 Å². The van der Waals surface area contributed by atoms with Gasteiger partial charge in [0.1, 0.15) is 0 Å². The van der Waals surface area contributed by atoms with E-state index >= 15 is 0 Å². The van der Waals surface area contributed by atoms with Crippen molar-refractivity contribution in [3.8, 4) is 0 Å². The third-order valence-electron chi connectivity index (χ3n) is 1.96. The molecule has 0 N–H and O–H groups in total. The number of thiophene rings is 1. The smallest absolute Gasteiger partial charge is 0.188 e. The Labute approximate surface area is 74.2 Å². The second-order valence-corrected chi connectivity index (χ2v) is 5.52. The number of hydrogen-bond acceptors (Lipinski definition) is 3. The van der Waals surface area contributed by atoms with Crippen molar-refractivity contribution in [2.75, 3.05) is 0 Å². The van der Waals surface area contributed by atoms with E-state index in [1.165, 1.54) is 6.07 Å². The first-order chi connectivity index (χ1) is 5.57. The second kappa shape index (κ2) is 2.53. The molecular formula is C7H7FO2S2. The second-order valence-electron chi connectivity index (χ2n) is 2.81. The first kappa shape index (κ1) is 8.19. The zero-order chi connectivity index (χ0) is 8.77. The average molecular weight is 206 g/mol. The molecule has 66 valence electrons. The molecule has 1 heterocycles. The van der Waals surface area contributed by atoms with Crippen LogP contribution in [0.2, 0.25) is 0 Å². The third-order valence-corrected chi connectivity index (χ3v) is 4.44. The largest absolute Gasteiger partial charge is 0.341 e. The Morgan fingerprint density at radius 2 is 2.17 bits per heavy atom. The quantitative estimate of drug-likeness (QED) is 0.658. The van der Waals surface area contributed by atoms with Gasteiger partial charge in [-0.1, -0.05) is 3.89 Å². The van der Waals surface area contributed by atoms with Gasteiger partial charge >= 0.3 is 10.2 Å². The van der Waals surface area contributed by atoms with Crippen molar-refractivity contribution in [2.24, 2.45) is 0 Å². The van der Waals surface area contributed by atoms with Crippen LogP contribution in [0.25, 0.3) is 0 Å². The summed E-state index contributed by atoms with van der Waals surface area (Å²) in [4.78, 5) is 1.03. The van der Waals surface area contributed by atoms with Crippen molar-refractivity contribution in [1.82, 2.24) is 0 Å². The zero-order valence-corrected chi connectivity index (χ0v) is 7.84. The van der Waals surface area contributed by atoms with E-state index in [-0.39, 0.29) is 4.21 Å². The van der Waals surface area contributed by atoms with Gasteiger partial charge in [0.2, 0.25) is 0 Å². The summed E-state index contributed by atoms with van der Waals surface area (Å²) in [5.74, 6) is 0. The lowest BCUT2D eigenvalue weighted by molar-refractivity contribution is 0.554. The van der Waals surface area contributed by atoms with Gasteiger partial charge in [0, 0.05) is 4.88 Å². The van der Waals surface area contributed by atoms with Crippen LogP contribution in [0.15, 0.2) is 10.3 Å². The summed E-state index contributed by atoms with van der Waals surface area (Å²) in [7, 11) is -4.46. The third kappa shape index (κ3) is 1.27. The van der Waals surface area contributed by atoms with Crippen LogP contribution < -0.4 is 0 Å². The van der Waals surface area contributed by atoms with Crippen molar-refractivity contribution in [3.05, 3.63) is 16.5 Å². The fourth-order valence-corrected chi connectivity index (χ4v) is 3.39. The molecule has 1 aliphatic rings. The van der Waals surface area contributed by atoms with Crippen molar-refractivity contribution < 1.29 is 12.3 Å². The van der Waals surface area contributed by atoms with Crippen LogP contribution >= 0.6 is 11.3 Å². The summed E-state index contributed by atoms with van der Waals surface area (Å²) in [6.07, 6.45) is 2.85. The summed E-state index contributed by atoms with van der Waals surface area (Å²) in [6.45, 7) is 0. The summed E-state index contributed by atoms with van der Waals surface area (Å²) < 4.78 is 33.3. The van der Waals surface area contributed by atoms with Gasteiger partial charge in [-0.25, -0.2) is 0 Å². The molecule has 0 saturated carbocycles. The monoisotopic (exact) mass is 206 g/mol. The van der Waals surface area contributed by atoms with Gasteiger partial charge in [0.25, 0.3) is 0 Å². The average Bonchev–Trinajstić information content (AvgIpc) is 2.37. The molecule has 0 unspecified atom stereocenters. The van der Waals surface area contributed by atoms with E-state index in [1.54, 1.807) is 0 Å². The van der Waals surface area contributed by atoms with E-state index in [0.717, 1.165) is 41.0 Å². The van der Waals surface area contributed by atoms with E-state index in [4.69, 9.17) is 0 Å². The molecule has 0 bridgehead atoms. The molecule has 5 heteroatoms. The van der Waals surface area contributed by atoms with Crippen molar-refractivity contribution in [1.29, 1.82) is 0 Å². The Morgan fingerprint density at radius 3 is 2.75 bits per heavy atom. The Bertz CT molecular complexity index is 384. The van der Waals surface area contributed by atoms with Crippen LogP contribution in [-0.4, -0.2) is 8.42 Å². The normalized spacial score (nSPS) is 16.4. The molecule has 1 aromatic rings. The van der Waals surface area contributed by atoms with Gasteiger partial charge in [-0.2, -0.15) is 8.42 Å². The lowest BCUT2D eigenvalue weighted by Crippen LogP contribution is -1.86. The molecule has 12 heavy (non-hydrogen) atoms. The van der Waals surface area contributed by atoms with Crippen molar-refractivity contribution >= 4 is 21.6 Å². The molecule has 2 rings (SSSR count). The standard InChI is InChI=1S/C7H7FO2S2/c8-12(9,10)7-4-5-2-1-3-6(5)11-7/h4H,1-3H2. The topological polar surface area (TPSA) is 34.1 Å². The highest BCUT2D eigenvalue weighted by atomic mass is 32.3.